The van der Waals surface area contributed by atoms with E-state index in [9.17, 15) is 8.42 Å². The lowest BCUT2D eigenvalue weighted by Crippen LogP contribution is -2.24. The molecule has 0 fully saturated rings. The Morgan fingerprint density at radius 1 is 1.05 bits per heavy atom. The van der Waals surface area contributed by atoms with E-state index in [1.807, 2.05) is 43.3 Å². The van der Waals surface area contributed by atoms with Crippen molar-refractivity contribution in [3.05, 3.63) is 63.6 Å². The van der Waals surface area contributed by atoms with Gasteiger partial charge in [-0.25, -0.2) is 13.1 Å². The Balaban J connectivity index is 2.25. The van der Waals surface area contributed by atoms with Crippen LogP contribution in [0.1, 0.15) is 16.7 Å². The minimum absolute atomic E-state index is 0.286. The first-order valence-corrected chi connectivity index (χ1v) is 8.48. The highest BCUT2D eigenvalue weighted by molar-refractivity contribution is 9.10. The maximum absolute atomic E-state index is 12.4. The summed E-state index contributed by atoms with van der Waals surface area (Å²) in [5.41, 5.74) is 2.69. The lowest BCUT2D eigenvalue weighted by atomic mass is 10.2. The summed E-state index contributed by atoms with van der Waals surface area (Å²) in [4.78, 5) is 0.311. The van der Waals surface area contributed by atoms with Crippen LogP contribution in [0.2, 0.25) is 0 Å². The van der Waals surface area contributed by atoms with Crippen LogP contribution in [-0.2, 0) is 16.6 Å². The molecule has 2 aromatic rings. The minimum Gasteiger partial charge on any atom is -0.207 e. The Labute approximate surface area is 128 Å². The highest BCUT2D eigenvalue weighted by atomic mass is 79.9. The molecule has 0 radical (unpaired) electrons. The Hall–Kier alpha value is -1.17. The zero-order valence-electron chi connectivity index (χ0n) is 11.4. The molecule has 0 aromatic heterocycles. The van der Waals surface area contributed by atoms with Crippen LogP contribution in [0.3, 0.4) is 0 Å². The van der Waals surface area contributed by atoms with Gasteiger partial charge in [-0.05, 0) is 36.6 Å². The molecule has 0 aliphatic rings. The van der Waals surface area contributed by atoms with Crippen molar-refractivity contribution in [2.24, 2.45) is 0 Å². The van der Waals surface area contributed by atoms with Gasteiger partial charge >= 0.3 is 0 Å². The van der Waals surface area contributed by atoms with Crippen molar-refractivity contribution in [3.8, 4) is 0 Å². The summed E-state index contributed by atoms with van der Waals surface area (Å²) in [6, 6.07) is 13.0. The lowest BCUT2D eigenvalue weighted by molar-refractivity contribution is 0.580. The van der Waals surface area contributed by atoms with Crippen molar-refractivity contribution >= 4 is 26.0 Å². The van der Waals surface area contributed by atoms with Gasteiger partial charge in [-0.15, -0.1) is 0 Å². The predicted octanol–water partition coefficient (Wildman–Crippen LogP) is 3.54. The van der Waals surface area contributed by atoms with E-state index in [0.29, 0.717) is 4.90 Å². The number of sulfonamides is 1. The Morgan fingerprint density at radius 2 is 1.70 bits per heavy atom. The Morgan fingerprint density at radius 3 is 2.35 bits per heavy atom. The second-order valence-electron chi connectivity index (χ2n) is 4.68. The average molecular weight is 354 g/mol. The van der Waals surface area contributed by atoms with Gasteiger partial charge in [-0.2, -0.15) is 0 Å². The zero-order chi connectivity index (χ0) is 14.8. The molecule has 0 bridgehead atoms. The molecule has 0 aliphatic heterocycles. The molecule has 0 atom stereocenters. The molecule has 3 nitrogen and oxygen atoms in total. The molecule has 0 saturated heterocycles. The fraction of sp³-hybridized carbons (Fsp3) is 0.200. The number of nitrogens with one attached hydrogen (secondary N) is 1. The summed E-state index contributed by atoms with van der Waals surface area (Å²) in [6.07, 6.45) is 0. The van der Waals surface area contributed by atoms with Gasteiger partial charge in [0.2, 0.25) is 10.0 Å². The summed E-state index contributed by atoms with van der Waals surface area (Å²) in [6.45, 7) is 4.02. The van der Waals surface area contributed by atoms with E-state index in [-0.39, 0.29) is 6.54 Å². The highest BCUT2D eigenvalue weighted by Crippen LogP contribution is 2.24. The van der Waals surface area contributed by atoms with Crippen LogP contribution < -0.4 is 4.72 Å². The van der Waals surface area contributed by atoms with Crippen LogP contribution in [0.15, 0.2) is 51.8 Å². The standard InChI is InChI=1S/C15H16BrNO2S/c1-11-8-12(2)15(9-14(11)16)20(18,19)17-10-13-6-4-3-5-7-13/h3-9,17H,10H2,1-2H3. The van der Waals surface area contributed by atoms with Crippen molar-refractivity contribution < 1.29 is 8.42 Å². The quantitative estimate of drug-likeness (QED) is 0.913. The summed E-state index contributed by atoms with van der Waals surface area (Å²) in [5.74, 6) is 0. The van der Waals surface area contributed by atoms with Crippen LogP contribution in [0.5, 0.6) is 0 Å². The molecule has 0 saturated carbocycles. The van der Waals surface area contributed by atoms with Gasteiger partial charge in [0.25, 0.3) is 0 Å². The smallest absolute Gasteiger partial charge is 0.207 e. The molecule has 0 aliphatic carbocycles. The van der Waals surface area contributed by atoms with Crippen LogP contribution in [0.4, 0.5) is 0 Å². The number of hydrogen-bond acceptors (Lipinski definition) is 2. The van der Waals surface area contributed by atoms with Crippen LogP contribution in [0.25, 0.3) is 0 Å². The maximum Gasteiger partial charge on any atom is 0.241 e. The highest BCUT2D eigenvalue weighted by Gasteiger charge is 2.17. The molecule has 2 rings (SSSR count). The molecule has 106 valence electrons. The Kier molecular flexibility index (Phi) is 4.62. The van der Waals surface area contributed by atoms with E-state index in [2.05, 4.69) is 20.7 Å². The molecule has 20 heavy (non-hydrogen) atoms. The second kappa shape index (κ2) is 6.08. The van der Waals surface area contributed by atoms with E-state index >= 15 is 0 Å². The number of benzene rings is 2. The third-order valence-electron chi connectivity index (χ3n) is 3.05. The van der Waals surface area contributed by atoms with E-state index in [0.717, 1.165) is 21.2 Å². The molecule has 1 N–H and O–H groups in total. The van der Waals surface area contributed by atoms with Crippen molar-refractivity contribution in [3.63, 3.8) is 0 Å². The lowest BCUT2D eigenvalue weighted by Gasteiger charge is -2.11. The third kappa shape index (κ3) is 3.48. The largest absolute Gasteiger partial charge is 0.241 e. The monoisotopic (exact) mass is 353 g/mol. The van der Waals surface area contributed by atoms with Gasteiger partial charge in [0.1, 0.15) is 0 Å². The van der Waals surface area contributed by atoms with Crippen LogP contribution in [0, 0.1) is 13.8 Å². The number of rotatable bonds is 4. The average Bonchev–Trinajstić information content (AvgIpc) is 2.42. The normalized spacial score (nSPS) is 11.6. The van der Waals surface area contributed by atoms with Crippen molar-refractivity contribution in [2.45, 2.75) is 25.3 Å². The Bertz CT molecular complexity index is 712. The summed E-state index contributed by atoms with van der Waals surface area (Å²) in [7, 11) is -3.51. The van der Waals surface area contributed by atoms with Crippen molar-refractivity contribution in [1.82, 2.24) is 4.72 Å². The molecule has 5 heteroatoms. The fourth-order valence-electron chi connectivity index (χ4n) is 1.95. The van der Waals surface area contributed by atoms with E-state index in [4.69, 9.17) is 0 Å². The molecule has 0 unspecified atom stereocenters. The van der Waals surface area contributed by atoms with Crippen molar-refractivity contribution in [1.29, 1.82) is 0 Å². The summed E-state index contributed by atoms with van der Waals surface area (Å²) >= 11 is 3.38. The minimum atomic E-state index is -3.51. The van der Waals surface area contributed by atoms with Gasteiger partial charge in [0.05, 0.1) is 4.90 Å². The van der Waals surface area contributed by atoms with Crippen LogP contribution in [-0.4, -0.2) is 8.42 Å². The topological polar surface area (TPSA) is 46.2 Å². The SMILES string of the molecule is Cc1cc(C)c(S(=O)(=O)NCc2ccccc2)cc1Br. The fourth-order valence-corrected chi connectivity index (χ4v) is 3.71. The second-order valence-corrected chi connectivity index (χ2v) is 7.27. The van der Waals surface area contributed by atoms with Crippen LogP contribution >= 0.6 is 15.9 Å². The van der Waals surface area contributed by atoms with Gasteiger partial charge in [0.15, 0.2) is 0 Å². The van der Waals surface area contributed by atoms with Gasteiger partial charge in [0, 0.05) is 11.0 Å². The molecule has 0 spiro atoms. The van der Waals surface area contributed by atoms with Gasteiger partial charge in [-0.3, -0.25) is 0 Å². The predicted molar refractivity (Wildman–Crippen MR) is 84.1 cm³/mol. The van der Waals surface area contributed by atoms with Crippen molar-refractivity contribution in [2.75, 3.05) is 0 Å². The zero-order valence-corrected chi connectivity index (χ0v) is 13.8. The molecule has 0 amide bonds. The van der Waals surface area contributed by atoms with E-state index < -0.39 is 10.0 Å². The van der Waals surface area contributed by atoms with E-state index in [1.165, 1.54) is 0 Å². The molecular formula is C15H16BrNO2S. The first-order valence-electron chi connectivity index (χ1n) is 6.20. The van der Waals surface area contributed by atoms with E-state index in [1.54, 1.807) is 13.0 Å². The number of aryl methyl sites for hydroxylation is 2. The third-order valence-corrected chi connectivity index (χ3v) is 5.45. The first kappa shape index (κ1) is 15.2. The molecule has 2 aromatic carbocycles. The first-order chi connectivity index (χ1) is 9.40. The summed E-state index contributed by atoms with van der Waals surface area (Å²) in [5, 5.41) is 0. The number of halogens is 1. The number of hydrogen-bond donors (Lipinski definition) is 1. The van der Waals surface area contributed by atoms with Gasteiger partial charge < -0.3 is 0 Å². The molecular weight excluding hydrogens is 338 g/mol. The van der Waals surface area contributed by atoms with Gasteiger partial charge in [-0.1, -0.05) is 52.3 Å². The summed E-state index contributed by atoms with van der Waals surface area (Å²) < 4.78 is 28.1. The maximum atomic E-state index is 12.4. The molecule has 0 heterocycles.